The summed E-state index contributed by atoms with van der Waals surface area (Å²) < 4.78 is 5.26. The van der Waals surface area contributed by atoms with Gasteiger partial charge in [0.25, 0.3) is 0 Å². The Labute approximate surface area is 109 Å². The first-order chi connectivity index (χ1) is 8.61. The van der Waals surface area contributed by atoms with Gasteiger partial charge in [0.2, 0.25) is 5.91 Å². The second-order valence-corrected chi connectivity index (χ2v) is 4.36. The van der Waals surface area contributed by atoms with E-state index in [9.17, 15) is 4.79 Å². The molecule has 0 saturated heterocycles. The zero-order chi connectivity index (χ0) is 13.4. The van der Waals surface area contributed by atoms with Crippen molar-refractivity contribution in [3.63, 3.8) is 0 Å². The van der Waals surface area contributed by atoms with Gasteiger partial charge in [-0.15, -0.1) is 0 Å². The highest BCUT2D eigenvalue weighted by molar-refractivity contribution is 5.92. The van der Waals surface area contributed by atoms with E-state index in [1.54, 1.807) is 0 Å². The van der Waals surface area contributed by atoms with Crippen molar-refractivity contribution in [3.05, 3.63) is 29.8 Å². The Hall–Kier alpha value is -1.39. The topological polar surface area (TPSA) is 50.4 Å². The molecule has 1 rings (SSSR count). The number of aryl methyl sites for hydroxylation is 1. The van der Waals surface area contributed by atoms with E-state index in [2.05, 4.69) is 10.6 Å². The van der Waals surface area contributed by atoms with Crippen LogP contribution in [0, 0.1) is 6.92 Å². The van der Waals surface area contributed by atoms with Crippen LogP contribution in [0.4, 0.5) is 5.69 Å². The molecule has 0 aromatic heterocycles. The van der Waals surface area contributed by atoms with Crippen molar-refractivity contribution >= 4 is 11.6 Å². The molecule has 0 heterocycles. The second-order valence-electron chi connectivity index (χ2n) is 4.36. The lowest BCUT2D eigenvalue weighted by Crippen LogP contribution is -2.37. The summed E-state index contributed by atoms with van der Waals surface area (Å²) in [7, 11) is 0. The third kappa shape index (κ3) is 5.80. The predicted molar refractivity (Wildman–Crippen MR) is 73.8 cm³/mol. The minimum absolute atomic E-state index is 0.0396. The molecule has 1 atom stereocenters. The highest BCUT2D eigenvalue weighted by atomic mass is 16.5. The van der Waals surface area contributed by atoms with Crippen molar-refractivity contribution in [1.82, 2.24) is 5.32 Å². The van der Waals surface area contributed by atoms with Crippen molar-refractivity contribution in [3.8, 4) is 0 Å². The summed E-state index contributed by atoms with van der Waals surface area (Å²) >= 11 is 0. The van der Waals surface area contributed by atoms with E-state index in [0.29, 0.717) is 19.8 Å². The van der Waals surface area contributed by atoms with Gasteiger partial charge in [-0.25, -0.2) is 0 Å². The number of hydrogen-bond acceptors (Lipinski definition) is 3. The Bertz CT molecular complexity index is 363. The fraction of sp³-hybridized carbons (Fsp3) is 0.500. The number of hydrogen-bond donors (Lipinski definition) is 2. The molecular weight excluding hydrogens is 228 g/mol. The van der Waals surface area contributed by atoms with Gasteiger partial charge in [0.05, 0.1) is 13.2 Å². The van der Waals surface area contributed by atoms with E-state index in [1.807, 2.05) is 45.0 Å². The van der Waals surface area contributed by atoms with Crippen LogP contribution in [0.2, 0.25) is 0 Å². The molecule has 4 heteroatoms. The third-order valence-electron chi connectivity index (χ3n) is 2.52. The SMILES string of the molecule is CCOCC(C)NCC(=O)Nc1ccc(C)cc1. The van der Waals surface area contributed by atoms with Gasteiger partial charge in [-0.1, -0.05) is 17.7 Å². The van der Waals surface area contributed by atoms with Crippen molar-refractivity contribution in [2.24, 2.45) is 0 Å². The van der Waals surface area contributed by atoms with Gasteiger partial charge >= 0.3 is 0 Å². The van der Waals surface area contributed by atoms with E-state index in [4.69, 9.17) is 4.74 Å². The smallest absolute Gasteiger partial charge is 0.238 e. The fourth-order valence-corrected chi connectivity index (χ4v) is 1.46. The summed E-state index contributed by atoms with van der Waals surface area (Å²) in [5.74, 6) is -0.0396. The Kier molecular flexibility index (Phi) is 6.39. The molecule has 0 aliphatic carbocycles. The molecule has 0 spiro atoms. The van der Waals surface area contributed by atoms with Crippen LogP contribution in [0.3, 0.4) is 0 Å². The maximum atomic E-state index is 11.7. The number of ether oxygens (including phenoxy) is 1. The van der Waals surface area contributed by atoms with Crippen molar-refractivity contribution in [2.45, 2.75) is 26.8 Å². The maximum absolute atomic E-state index is 11.7. The molecule has 1 unspecified atom stereocenters. The van der Waals surface area contributed by atoms with Gasteiger partial charge in [-0.05, 0) is 32.9 Å². The van der Waals surface area contributed by atoms with Gasteiger partial charge in [-0.2, -0.15) is 0 Å². The molecule has 100 valence electrons. The zero-order valence-electron chi connectivity index (χ0n) is 11.3. The molecule has 18 heavy (non-hydrogen) atoms. The molecule has 0 fully saturated rings. The quantitative estimate of drug-likeness (QED) is 0.777. The van der Waals surface area contributed by atoms with Crippen LogP contribution in [0.25, 0.3) is 0 Å². The van der Waals surface area contributed by atoms with Crippen LogP contribution in [-0.2, 0) is 9.53 Å². The summed E-state index contributed by atoms with van der Waals surface area (Å²) in [5, 5.41) is 5.95. The third-order valence-corrected chi connectivity index (χ3v) is 2.52. The first-order valence-corrected chi connectivity index (χ1v) is 6.29. The van der Waals surface area contributed by atoms with Crippen LogP contribution < -0.4 is 10.6 Å². The lowest BCUT2D eigenvalue weighted by Gasteiger charge is -2.13. The van der Waals surface area contributed by atoms with Gasteiger partial charge in [0.15, 0.2) is 0 Å². The number of anilines is 1. The zero-order valence-corrected chi connectivity index (χ0v) is 11.3. The predicted octanol–water partition coefficient (Wildman–Crippen LogP) is 1.95. The van der Waals surface area contributed by atoms with Crippen molar-refractivity contribution in [1.29, 1.82) is 0 Å². The molecule has 0 radical (unpaired) electrons. The van der Waals surface area contributed by atoms with E-state index >= 15 is 0 Å². The molecule has 2 N–H and O–H groups in total. The lowest BCUT2D eigenvalue weighted by atomic mass is 10.2. The summed E-state index contributed by atoms with van der Waals surface area (Å²) in [6, 6.07) is 7.92. The van der Waals surface area contributed by atoms with Gasteiger partial charge in [0.1, 0.15) is 0 Å². The average molecular weight is 250 g/mol. The first kappa shape index (κ1) is 14.7. The van der Waals surface area contributed by atoms with Crippen LogP contribution >= 0.6 is 0 Å². The Morgan fingerprint density at radius 2 is 2.00 bits per heavy atom. The van der Waals surface area contributed by atoms with E-state index in [1.165, 1.54) is 5.56 Å². The maximum Gasteiger partial charge on any atom is 0.238 e. The number of benzene rings is 1. The average Bonchev–Trinajstić information content (AvgIpc) is 2.36. The number of carbonyl (C=O) groups excluding carboxylic acids is 1. The first-order valence-electron chi connectivity index (χ1n) is 6.29. The Balaban J connectivity index is 2.27. The molecule has 4 nitrogen and oxygen atoms in total. The molecule has 0 bridgehead atoms. The fourth-order valence-electron chi connectivity index (χ4n) is 1.46. The highest BCUT2D eigenvalue weighted by Gasteiger charge is 2.05. The Morgan fingerprint density at radius 1 is 1.33 bits per heavy atom. The van der Waals surface area contributed by atoms with E-state index in [-0.39, 0.29) is 11.9 Å². The summed E-state index contributed by atoms with van der Waals surface area (Å²) in [5.41, 5.74) is 2.00. The molecule has 1 aromatic carbocycles. The number of rotatable bonds is 7. The van der Waals surface area contributed by atoms with E-state index < -0.39 is 0 Å². The second kappa shape index (κ2) is 7.84. The largest absolute Gasteiger partial charge is 0.380 e. The van der Waals surface area contributed by atoms with E-state index in [0.717, 1.165) is 5.69 Å². The molecule has 0 saturated carbocycles. The summed E-state index contributed by atoms with van der Waals surface area (Å²) in [6.07, 6.45) is 0. The molecule has 0 aliphatic rings. The summed E-state index contributed by atoms with van der Waals surface area (Å²) in [4.78, 5) is 11.7. The number of nitrogens with one attached hydrogen (secondary N) is 2. The standard InChI is InChI=1S/C14H22N2O2/c1-4-18-10-12(3)15-9-14(17)16-13-7-5-11(2)6-8-13/h5-8,12,15H,4,9-10H2,1-3H3,(H,16,17). The molecule has 0 aliphatic heterocycles. The summed E-state index contributed by atoms with van der Waals surface area (Å²) in [6.45, 7) is 7.58. The van der Waals surface area contributed by atoms with Crippen LogP contribution in [0.15, 0.2) is 24.3 Å². The highest BCUT2D eigenvalue weighted by Crippen LogP contribution is 2.07. The van der Waals surface area contributed by atoms with Crippen LogP contribution in [0.1, 0.15) is 19.4 Å². The number of carbonyl (C=O) groups is 1. The normalized spacial score (nSPS) is 12.2. The molecular formula is C14H22N2O2. The monoisotopic (exact) mass is 250 g/mol. The Morgan fingerprint density at radius 3 is 2.61 bits per heavy atom. The van der Waals surface area contributed by atoms with Crippen molar-refractivity contribution < 1.29 is 9.53 Å². The number of amides is 1. The molecule has 1 amide bonds. The van der Waals surface area contributed by atoms with Crippen LogP contribution in [-0.4, -0.2) is 31.7 Å². The lowest BCUT2D eigenvalue weighted by molar-refractivity contribution is -0.115. The van der Waals surface area contributed by atoms with Gasteiger partial charge < -0.3 is 15.4 Å². The minimum atomic E-state index is -0.0396. The minimum Gasteiger partial charge on any atom is -0.380 e. The molecule has 1 aromatic rings. The van der Waals surface area contributed by atoms with Gasteiger partial charge in [0, 0.05) is 18.3 Å². The van der Waals surface area contributed by atoms with Crippen LogP contribution in [0.5, 0.6) is 0 Å². The van der Waals surface area contributed by atoms with Crippen molar-refractivity contribution in [2.75, 3.05) is 25.1 Å². The van der Waals surface area contributed by atoms with Gasteiger partial charge in [-0.3, -0.25) is 4.79 Å².